The van der Waals surface area contributed by atoms with Gasteiger partial charge >= 0.3 is 0 Å². The fourth-order valence-corrected chi connectivity index (χ4v) is 2.74. The molecule has 88 valence electrons. The quantitative estimate of drug-likeness (QED) is 0.848. The molecule has 0 radical (unpaired) electrons. The topological polar surface area (TPSA) is 35.2 Å². The highest BCUT2D eigenvalue weighted by Crippen LogP contribution is 2.41. The first-order valence-corrected chi connectivity index (χ1v) is 6.16. The van der Waals surface area contributed by atoms with Crippen molar-refractivity contribution in [3.8, 4) is 5.75 Å². The Morgan fingerprint density at radius 2 is 2.19 bits per heavy atom. The van der Waals surface area contributed by atoms with Gasteiger partial charge in [-0.25, -0.2) is 0 Å². The van der Waals surface area contributed by atoms with E-state index in [1.54, 1.807) is 0 Å². The Bertz CT molecular complexity index is 364. The van der Waals surface area contributed by atoms with Gasteiger partial charge in [-0.05, 0) is 37.9 Å². The van der Waals surface area contributed by atoms with Gasteiger partial charge in [-0.2, -0.15) is 0 Å². The average molecular weight is 219 g/mol. The number of nitrogens with two attached hydrogens (primary N) is 1. The Kier molecular flexibility index (Phi) is 3.20. The summed E-state index contributed by atoms with van der Waals surface area (Å²) in [4.78, 5) is 0. The molecule has 0 aliphatic carbocycles. The van der Waals surface area contributed by atoms with E-state index in [4.69, 9.17) is 10.5 Å². The van der Waals surface area contributed by atoms with E-state index >= 15 is 0 Å². The first kappa shape index (κ1) is 11.5. The molecule has 1 aromatic rings. The minimum absolute atomic E-state index is 0.0346. The van der Waals surface area contributed by atoms with E-state index in [1.807, 2.05) is 6.07 Å². The van der Waals surface area contributed by atoms with Gasteiger partial charge in [-0.15, -0.1) is 0 Å². The Balaban J connectivity index is 2.31. The number of rotatable bonds is 3. The molecule has 1 aromatic carbocycles. The molecule has 2 atom stereocenters. The van der Waals surface area contributed by atoms with Gasteiger partial charge < -0.3 is 10.5 Å². The second-order valence-corrected chi connectivity index (χ2v) is 4.98. The van der Waals surface area contributed by atoms with Gasteiger partial charge in [0.25, 0.3) is 0 Å². The molecule has 0 amide bonds. The first-order chi connectivity index (χ1) is 7.68. The largest absolute Gasteiger partial charge is 0.487 e. The van der Waals surface area contributed by atoms with Crippen LogP contribution in [-0.2, 0) is 0 Å². The van der Waals surface area contributed by atoms with E-state index in [2.05, 4.69) is 32.0 Å². The van der Waals surface area contributed by atoms with E-state index in [1.165, 1.54) is 5.56 Å². The SMILES string of the molecule is CCCC1(C)CC(CN)c2ccccc2O1. The van der Waals surface area contributed by atoms with Crippen molar-refractivity contribution >= 4 is 0 Å². The predicted octanol–water partition coefficient (Wildman–Crippen LogP) is 3.07. The van der Waals surface area contributed by atoms with Crippen molar-refractivity contribution in [2.45, 2.75) is 44.6 Å². The molecule has 2 N–H and O–H groups in total. The lowest BCUT2D eigenvalue weighted by molar-refractivity contribution is 0.0451. The predicted molar refractivity (Wildman–Crippen MR) is 66.8 cm³/mol. The molecule has 0 saturated carbocycles. The molecular formula is C14H21NO. The van der Waals surface area contributed by atoms with Gasteiger partial charge in [0.05, 0.1) is 0 Å². The van der Waals surface area contributed by atoms with Gasteiger partial charge in [-0.3, -0.25) is 0 Å². The van der Waals surface area contributed by atoms with Crippen LogP contribution in [0, 0.1) is 0 Å². The van der Waals surface area contributed by atoms with Crippen molar-refractivity contribution in [3.63, 3.8) is 0 Å². The maximum Gasteiger partial charge on any atom is 0.123 e. The number of hydrogen-bond acceptors (Lipinski definition) is 2. The van der Waals surface area contributed by atoms with E-state index in [0.717, 1.165) is 25.0 Å². The van der Waals surface area contributed by atoms with Crippen LogP contribution in [0.3, 0.4) is 0 Å². The van der Waals surface area contributed by atoms with Crippen molar-refractivity contribution in [1.82, 2.24) is 0 Å². The molecular weight excluding hydrogens is 198 g/mol. The first-order valence-electron chi connectivity index (χ1n) is 6.16. The van der Waals surface area contributed by atoms with Gasteiger partial charge in [0.1, 0.15) is 11.4 Å². The van der Waals surface area contributed by atoms with Crippen LogP contribution in [0.2, 0.25) is 0 Å². The van der Waals surface area contributed by atoms with Gasteiger partial charge in [0.2, 0.25) is 0 Å². The second-order valence-electron chi connectivity index (χ2n) is 4.98. The van der Waals surface area contributed by atoms with Crippen molar-refractivity contribution in [2.75, 3.05) is 6.54 Å². The molecule has 0 saturated heterocycles. The summed E-state index contributed by atoms with van der Waals surface area (Å²) >= 11 is 0. The highest BCUT2D eigenvalue weighted by molar-refractivity contribution is 5.39. The zero-order valence-corrected chi connectivity index (χ0v) is 10.2. The van der Waals surface area contributed by atoms with Crippen LogP contribution in [0.5, 0.6) is 5.75 Å². The summed E-state index contributed by atoms with van der Waals surface area (Å²) in [6, 6.07) is 8.29. The number of fused-ring (bicyclic) bond motifs is 1. The third-order valence-electron chi connectivity index (χ3n) is 3.46. The van der Waals surface area contributed by atoms with Gasteiger partial charge in [-0.1, -0.05) is 31.5 Å². The summed E-state index contributed by atoms with van der Waals surface area (Å²) in [5.41, 5.74) is 7.12. The lowest BCUT2D eigenvalue weighted by Crippen LogP contribution is -2.39. The number of hydrogen-bond donors (Lipinski definition) is 1. The van der Waals surface area contributed by atoms with Crippen LogP contribution in [0.15, 0.2) is 24.3 Å². The molecule has 1 aliphatic rings. The van der Waals surface area contributed by atoms with Crippen molar-refractivity contribution in [2.24, 2.45) is 5.73 Å². The van der Waals surface area contributed by atoms with Crippen LogP contribution >= 0.6 is 0 Å². The van der Waals surface area contributed by atoms with E-state index < -0.39 is 0 Å². The maximum absolute atomic E-state index is 6.14. The summed E-state index contributed by atoms with van der Waals surface area (Å²) in [5.74, 6) is 1.47. The number of ether oxygens (including phenoxy) is 1. The number of benzene rings is 1. The molecule has 1 aliphatic heterocycles. The van der Waals surface area contributed by atoms with E-state index in [0.29, 0.717) is 12.5 Å². The minimum atomic E-state index is -0.0346. The smallest absolute Gasteiger partial charge is 0.123 e. The molecule has 2 heteroatoms. The molecule has 2 rings (SSSR count). The van der Waals surface area contributed by atoms with Crippen LogP contribution < -0.4 is 10.5 Å². The molecule has 2 unspecified atom stereocenters. The molecule has 0 bridgehead atoms. The van der Waals surface area contributed by atoms with Crippen molar-refractivity contribution < 1.29 is 4.74 Å². The summed E-state index contributed by atoms with van der Waals surface area (Å²) in [6.45, 7) is 5.11. The lowest BCUT2D eigenvalue weighted by Gasteiger charge is -2.39. The second kappa shape index (κ2) is 4.46. The zero-order valence-electron chi connectivity index (χ0n) is 10.2. The average Bonchev–Trinajstić information content (AvgIpc) is 2.28. The van der Waals surface area contributed by atoms with E-state index in [-0.39, 0.29) is 5.60 Å². The Morgan fingerprint density at radius 1 is 1.44 bits per heavy atom. The van der Waals surface area contributed by atoms with E-state index in [9.17, 15) is 0 Å². The van der Waals surface area contributed by atoms with Crippen molar-refractivity contribution in [1.29, 1.82) is 0 Å². The maximum atomic E-state index is 6.14. The Hall–Kier alpha value is -1.02. The molecule has 2 nitrogen and oxygen atoms in total. The summed E-state index contributed by atoms with van der Waals surface area (Å²) in [6.07, 6.45) is 3.28. The van der Waals surface area contributed by atoms with Crippen LogP contribution in [0.4, 0.5) is 0 Å². The lowest BCUT2D eigenvalue weighted by atomic mass is 9.81. The van der Waals surface area contributed by atoms with Crippen LogP contribution in [0.1, 0.15) is 44.6 Å². The molecule has 0 spiro atoms. The Morgan fingerprint density at radius 3 is 2.88 bits per heavy atom. The third-order valence-corrected chi connectivity index (χ3v) is 3.46. The minimum Gasteiger partial charge on any atom is -0.487 e. The standard InChI is InChI=1S/C14H21NO/c1-3-8-14(2)9-11(10-15)12-6-4-5-7-13(12)16-14/h4-7,11H,3,8-10,15H2,1-2H3. The highest BCUT2D eigenvalue weighted by atomic mass is 16.5. The molecule has 0 aromatic heterocycles. The van der Waals surface area contributed by atoms with Crippen LogP contribution in [0.25, 0.3) is 0 Å². The monoisotopic (exact) mass is 219 g/mol. The highest BCUT2D eigenvalue weighted by Gasteiger charge is 2.35. The van der Waals surface area contributed by atoms with Gasteiger partial charge in [0.15, 0.2) is 0 Å². The summed E-state index contributed by atoms with van der Waals surface area (Å²) in [7, 11) is 0. The summed E-state index contributed by atoms with van der Waals surface area (Å²) < 4.78 is 6.14. The normalized spacial score (nSPS) is 28.3. The number of para-hydroxylation sites is 1. The summed E-state index contributed by atoms with van der Waals surface area (Å²) in [5, 5.41) is 0. The fourth-order valence-electron chi connectivity index (χ4n) is 2.74. The third kappa shape index (κ3) is 2.07. The van der Waals surface area contributed by atoms with Crippen LogP contribution in [-0.4, -0.2) is 12.1 Å². The Labute approximate surface area is 97.8 Å². The van der Waals surface area contributed by atoms with Gasteiger partial charge in [0, 0.05) is 5.92 Å². The molecule has 0 fully saturated rings. The zero-order chi connectivity index (χ0) is 11.6. The molecule has 16 heavy (non-hydrogen) atoms. The fraction of sp³-hybridized carbons (Fsp3) is 0.571. The molecule has 1 heterocycles. The van der Waals surface area contributed by atoms with Crippen molar-refractivity contribution in [3.05, 3.63) is 29.8 Å².